The molecule has 6 N–H and O–H groups in total. The summed E-state index contributed by atoms with van der Waals surface area (Å²) in [5, 5.41) is 24.7. The van der Waals surface area contributed by atoms with Crippen molar-refractivity contribution in [2.75, 3.05) is 0 Å². The standard InChI is InChI=1S/C83H48N6O3/c90-81-58-23-10-8-21-54(58)69-62-38-46(26-31-56(62)75-74(76(69)87-81)73-50-17-4-2-13-42(50)28-35-65(73)85-75)48-27-32-59-66(40-48)86-77-68(59)55-30-25-45(37-61(55)71-60-33-24-41-12-1-3-16-49(41)72(60)83(92)89-80(71)77)43-14-11-15-44(36-43)47-29-34-64-63(39-47)70-52-19-6-5-18-51(52)67-53-20-7-9-22-57(53)82(91)88-79(67)78(70)84-64/h1-40,61,71,84-86H,(H,87,90)(H,88,91)(H,89,92). The van der Waals surface area contributed by atoms with Crippen LogP contribution in [0.25, 0.3) is 180 Å². The van der Waals surface area contributed by atoms with Crippen LogP contribution < -0.4 is 27.0 Å². The fourth-order valence-corrected chi connectivity index (χ4v) is 16.7. The normalized spacial score (nSPS) is 15.6. The van der Waals surface area contributed by atoms with Gasteiger partial charge in [0.05, 0.1) is 38.7 Å². The van der Waals surface area contributed by atoms with E-state index in [2.05, 4.69) is 218 Å². The first-order valence-electron chi connectivity index (χ1n) is 31.3. The minimum atomic E-state index is -0.205. The van der Waals surface area contributed by atoms with Gasteiger partial charge in [-0.25, -0.2) is 0 Å². The van der Waals surface area contributed by atoms with Crippen LogP contribution in [0.4, 0.5) is 0 Å². The Morgan fingerprint density at radius 3 is 1.64 bits per heavy atom. The third-order valence-corrected chi connectivity index (χ3v) is 20.7. The summed E-state index contributed by atoms with van der Waals surface area (Å²) in [7, 11) is 0. The smallest absolute Gasteiger partial charge is 0.256 e. The number of pyridine rings is 2. The van der Waals surface area contributed by atoms with Gasteiger partial charge in [0.1, 0.15) is 0 Å². The molecule has 2 atom stereocenters. The number of carbonyl (C=O) groups is 1. The minimum absolute atomic E-state index is 0.106. The second kappa shape index (κ2) is 17.9. The Hall–Kier alpha value is -12.3. The van der Waals surface area contributed by atoms with Crippen LogP contribution in [0.3, 0.4) is 0 Å². The summed E-state index contributed by atoms with van der Waals surface area (Å²) in [4.78, 5) is 60.7. The molecule has 21 rings (SSSR count). The Morgan fingerprint density at radius 1 is 0.326 bits per heavy atom. The quantitative estimate of drug-likeness (QED) is 0.0981. The summed E-state index contributed by atoms with van der Waals surface area (Å²) < 4.78 is 0. The molecule has 18 aromatic rings. The zero-order valence-electron chi connectivity index (χ0n) is 49.0. The summed E-state index contributed by atoms with van der Waals surface area (Å²) in [6, 6.07) is 78.6. The van der Waals surface area contributed by atoms with Crippen LogP contribution in [0.5, 0.6) is 0 Å². The van der Waals surface area contributed by atoms with Gasteiger partial charge in [0.25, 0.3) is 17.0 Å². The molecule has 2 unspecified atom stereocenters. The molecule has 0 spiro atoms. The van der Waals surface area contributed by atoms with E-state index in [1.54, 1.807) is 0 Å². The van der Waals surface area contributed by atoms with E-state index in [1.807, 2.05) is 54.6 Å². The molecule has 6 heterocycles. The summed E-state index contributed by atoms with van der Waals surface area (Å²) in [5.74, 6) is -0.447. The molecule has 0 saturated heterocycles. The molecule has 3 aliphatic rings. The summed E-state index contributed by atoms with van der Waals surface area (Å²) in [6.45, 7) is 0. The lowest BCUT2D eigenvalue weighted by Gasteiger charge is -2.37. The molecule has 0 fully saturated rings. The lowest BCUT2D eigenvalue weighted by molar-refractivity contribution is 0.0966. The van der Waals surface area contributed by atoms with Crippen LogP contribution in [0.2, 0.25) is 0 Å². The van der Waals surface area contributed by atoms with Crippen molar-refractivity contribution in [2.45, 2.75) is 5.92 Å². The Labute approximate surface area is 520 Å². The number of amides is 1. The average Bonchev–Trinajstić information content (AvgIpc) is 1.43. The highest BCUT2D eigenvalue weighted by Crippen LogP contribution is 2.49. The Kier molecular flexibility index (Phi) is 9.68. The number of fused-ring (bicyclic) bond motifs is 32. The van der Waals surface area contributed by atoms with Crippen molar-refractivity contribution in [1.82, 2.24) is 30.2 Å². The van der Waals surface area contributed by atoms with Crippen LogP contribution in [-0.4, -0.2) is 30.8 Å². The molecule has 9 nitrogen and oxygen atoms in total. The maximum atomic E-state index is 14.8. The van der Waals surface area contributed by atoms with E-state index in [9.17, 15) is 14.4 Å². The molecule has 0 radical (unpaired) electrons. The number of aromatic nitrogens is 5. The number of hydrogen-bond acceptors (Lipinski definition) is 3. The molecule has 13 aromatic carbocycles. The lowest BCUT2D eigenvalue weighted by atomic mass is 9.69. The molecule has 0 saturated carbocycles. The molecule has 2 aliphatic carbocycles. The predicted octanol–water partition coefficient (Wildman–Crippen LogP) is 17.4. The van der Waals surface area contributed by atoms with E-state index in [0.717, 1.165) is 191 Å². The van der Waals surface area contributed by atoms with Crippen molar-refractivity contribution in [3.05, 3.63) is 291 Å². The first-order chi connectivity index (χ1) is 45.3. The van der Waals surface area contributed by atoms with E-state index >= 15 is 0 Å². The molecular weight excluding hydrogens is 1130 g/mol. The number of allylic oxidation sites excluding steroid dienone is 4. The third kappa shape index (κ3) is 6.62. The first kappa shape index (κ1) is 49.6. The van der Waals surface area contributed by atoms with Gasteiger partial charge in [0.15, 0.2) is 0 Å². The van der Waals surface area contributed by atoms with E-state index in [0.29, 0.717) is 10.8 Å². The van der Waals surface area contributed by atoms with Crippen LogP contribution in [-0.2, 0) is 0 Å². The molecule has 9 heteroatoms. The van der Waals surface area contributed by atoms with Crippen molar-refractivity contribution in [1.29, 1.82) is 0 Å². The maximum Gasteiger partial charge on any atom is 0.256 e. The van der Waals surface area contributed by atoms with Crippen LogP contribution >= 0.6 is 0 Å². The van der Waals surface area contributed by atoms with Crippen molar-refractivity contribution in [2.24, 2.45) is 5.92 Å². The highest BCUT2D eigenvalue weighted by Gasteiger charge is 2.41. The van der Waals surface area contributed by atoms with Gasteiger partial charge in [0, 0.05) is 87.5 Å². The van der Waals surface area contributed by atoms with Gasteiger partial charge in [-0.2, -0.15) is 0 Å². The fraction of sp³-hybridized carbons (Fsp3) is 0.0241. The summed E-state index contributed by atoms with van der Waals surface area (Å²) in [6.07, 6.45) is 7.01. The Bertz CT molecular complexity index is 6890. The largest absolute Gasteiger partial charge is 0.354 e. The van der Waals surface area contributed by atoms with E-state index < -0.39 is 0 Å². The topological polar surface area (TPSA) is 142 Å². The number of benzene rings is 13. The van der Waals surface area contributed by atoms with Crippen LogP contribution in [0, 0.1) is 5.92 Å². The van der Waals surface area contributed by atoms with Gasteiger partial charge < -0.3 is 30.2 Å². The molecule has 1 aliphatic heterocycles. The highest BCUT2D eigenvalue weighted by molar-refractivity contribution is 6.38. The summed E-state index contributed by atoms with van der Waals surface area (Å²) in [5.41, 5.74) is 16.5. The van der Waals surface area contributed by atoms with Crippen molar-refractivity contribution < 1.29 is 4.79 Å². The van der Waals surface area contributed by atoms with E-state index in [1.165, 1.54) is 5.57 Å². The zero-order chi connectivity index (χ0) is 60.4. The van der Waals surface area contributed by atoms with Crippen LogP contribution in [0.1, 0.15) is 27.4 Å². The molecule has 92 heavy (non-hydrogen) atoms. The number of carbonyl (C=O) groups excluding carboxylic acids is 1. The van der Waals surface area contributed by atoms with E-state index in [-0.39, 0.29) is 28.9 Å². The van der Waals surface area contributed by atoms with Gasteiger partial charge in [-0.15, -0.1) is 0 Å². The predicted molar refractivity (Wildman–Crippen MR) is 379 cm³/mol. The van der Waals surface area contributed by atoms with Gasteiger partial charge >= 0.3 is 0 Å². The van der Waals surface area contributed by atoms with Crippen molar-refractivity contribution in [3.63, 3.8) is 0 Å². The number of rotatable bonds is 3. The first-order valence-corrected chi connectivity index (χ1v) is 31.3. The third-order valence-electron chi connectivity index (χ3n) is 20.7. The van der Waals surface area contributed by atoms with Crippen LogP contribution in [0.15, 0.2) is 252 Å². The summed E-state index contributed by atoms with van der Waals surface area (Å²) >= 11 is 0. The lowest BCUT2D eigenvalue weighted by Crippen LogP contribution is -2.47. The Morgan fingerprint density at radius 2 is 0.880 bits per heavy atom. The number of hydrogen-bond donors (Lipinski definition) is 6. The molecule has 428 valence electrons. The second-order valence-electron chi connectivity index (χ2n) is 25.3. The zero-order valence-corrected chi connectivity index (χ0v) is 49.0. The molecule has 5 aromatic heterocycles. The van der Waals surface area contributed by atoms with Crippen molar-refractivity contribution in [3.8, 4) is 22.3 Å². The average molecular weight is 1180 g/mol. The van der Waals surface area contributed by atoms with Gasteiger partial charge in [0.2, 0.25) is 0 Å². The minimum Gasteiger partial charge on any atom is -0.354 e. The van der Waals surface area contributed by atoms with Gasteiger partial charge in [-0.05, 0) is 142 Å². The maximum absolute atomic E-state index is 14.8. The highest BCUT2D eigenvalue weighted by atomic mass is 16.2. The second-order valence-corrected chi connectivity index (χ2v) is 25.3. The molecule has 1 amide bonds. The number of aromatic amines is 5. The fourth-order valence-electron chi connectivity index (χ4n) is 16.7. The number of H-pyrrole nitrogens is 5. The monoisotopic (exact) mass is 1180 g/mol. The molecular formula is C83H48N6O3. The van der Waals surface area contributed by atoms with Crippen molar-refractivity contribution >= 4 is 164 Å². The van der Waals surface area contributed by atoms with Gasteiger partial charge in [-0.1, -0.05) is 194 Å². The SMILES string of the molecule is O=C1NC2=c3[nH]c4cc(-c5ccc6c(c5)c5c7ccccc7c(=O)[nH]c5c5c6[nH]c6ccc7ccccc7c65)ccc4c3=C3C=CC(c4cccc(-c5ccc6[nH]c7c8[nH]c(=O)c9ccccc9c8c8ccccc8c7c6c5)c4)=CC3C2c2ccc3ccccc3c21. The van der Waals surface area contributed by atoms with Gasteiger partial charge in [-0.3, -0.25) is 14.4 Å². The Balaban J connectivity index is 0.730. The molecule has 0 bridgehead atoms. The number of nitrogens with one attached hydrogen (secondary N) is 6. The van der Waals surface area contributed by atoms with E-state index in [4.69, 9.17) is 0 Å².